The molecule has 1 saturated carbocycles. The second-order valence-electron chi connectivity index (χ2n) is 3.29. The molecule has 0 saturated heterocycles. The first kappa shape index (κ1) is 10.6. The van der Waals surface area contributed by atoms with Crippen molar-refractivity contribution in [2.75, 3.05) is 7.11 Å². The average Bonchev–Trinajstić information content (AvgIpc) is 2.61. The fourth-order valence-electron chi connectivity index (χ4n) is 1.78. The minimum absolute atomic E-state index is 0.306. The number of carbonyl (C=O) groups is 1. The van der Waals surface area contributed by atoms with Crippen LogP contribution in [-0.2, 0) is 9.47 Å². The Morgan fingerprint density at radius 2 is 2.50 bits per heavy atom. The Morgan fingerprint density at radius 3 is 3.00 bits per heavy atom. The van der Waals surface area contributed by atoms with Gasteiger partial charge < -0.3 is 9.47 Å². The lowest BCUT2D eigenvalue weighted by Crippen LogP contribution is -2.36. The highest BCUT2D eigenvalue weighted by Crippen LogP contribution is 2.39. The summed E-state index contributed by atoms with van der Waals surface area (Å²) >= 11 is 0. The largest absolute Gasteiger partial charge is 0.508 e. The summed E-state index contributed by atoms with van der Waals surface area (Å²) in [6.07, 6.45) is 3.02. The van der Waals surface area contributed by atoms with Crippen molar-refractivity contribution in [1.29, 1.82) is 5.26 Å². The third-order valence-electron chi connectivity index (χ3n) is 2.59. The highest BCUT2D eigenvalue weighted by molar-refractivity contribution is 5.61. The third-order valence-corrected chi connectivity index (χ3v) is 2.59. The van der Waals surface area contributed by atoms with Crippen molar-refractivity contribution in [2.24, 2.45) is 5.92 Å². The quantitative estimate of drug-likeness (QED) is 0.499. The van der Waals surface area contributed by atoms with E-state index < -0.39 is 11.8 Å². The van der Waals surface area contributed by atoms with E-state index in [1.54, 1.807) is 0 Å². The van der Waals surface area contributed by atoms with E-state index in [1.165, 1.54) is 13.2 Å². The molecular formula is C10H13NO3. The van der Waals surface area contributed by atoms with E-state index in [9.17, 15) is 4.79 Å². The summed E-state index contributed by atoms with van der Waals surface area (Å²) in [6, 6.07) is 2.13. The smallest absolute Gasteiger partial charge is 0.438 e. The Kier molecular flexibility index (Phi) is 3.13. The molecule has 14 heavy (non-hydrogen) atoms. The molecule has 0 heterocycles. The maximum Gasteiger partial charge on any atom is 0.508 e. The normalized spacial score (nSPS) is 30.4. The Labute approximate surface area is 83.1 Å². The van der Waals surface area contributed by atoms with E-state index >= 15 is 0 Å². The number of hydrogen-bond acceptors (Lipinski definition) is 4. The van der Waals surface area contributed by atoms with Gasteiger partial charge in [0, 0.05) is 0 Å². The molecule has 1 fully saturated rings. The van der Waals surface area contributed by atoms with Crippen LogP contribution in [0.2, 0.25) is 0 Å². The lowest BCUT2D eigenvalue weighted by atomic mass is 9.92. The highest BCUT2D eigenvalue weighted by atomic mass is 16.7. The van der Waals surface area contributed by atoms with Crippen LogP contribution in [0.4, 0.5) is 4.79 Å². The number of hydrogen-bond donors (Lipinski definition) is 0. The standard InChI is InChI=1S/C10H13NO3/c1-3-10(14-9(12)13-2)6-4-5-8(10)7-11/h3,8H,1,4-6H2,2H3. The van der Waals surface area contributed by atoms with E-state index in [-0.39, 0.29) is 5.92 Å². The molecule has 76 valence electrons. The molecule has 0 bridgehead atoms. The van der Waals surface area contributed by atoms with Gasteiger partial charge in [0.25, 0.3) is 0 Å². The lowest BCUT2D eigenvalue weighted by Gasteiger charge is -2.27. The van der Waals surface area contributed by atoms with Crippen LogP contribution < -0.4 is 0 Å². The van der Waals surface area contributed by atoms with Crippen LogP contribution in [0.25, 0.3) is 0 Å². The van der Waals surface area contributed by atoms with Gasteiger partial charge in [-0.2, -0.15) is 5.26 Å². The number of nitriles is 1. The van der Waals surface area contributed by atoms with Gasteiger partial charge in [-0.15, -0.1) is 0 Å². The molecule has 1 rings (SSSR count). The summed E-state index contributed by atoms with van der Waals surface area (Å²) in [4.78, 5) is 11.0. The zero-order valence-electron chi connectivity index (χ0n) is 8.16. The first-order chi connectivity index (χ1) is 6.68. The molecule has 1 aliphatic rings. The number of methoxy groups -OCH3 is 1. The van der Waals surface area contributed by atoms with Crippen molar-refractivity contribution >= 4 is 6.16 Å². The van der Waals surface area contributed by atoms with E-state index in [0.29, 0.717) is 6.42 Å². The van der Waals surface area contributed by atoms with Gasteiger partial charge in [-0.1, -0.05) is 6.58 Å². The van der Waals surface area contributed by atoms with Gasteiger partial charge in [0.15, 0.2) is 0 Å². The van der Waals surface area contributed by atoms with Crippen molar-refractivity contribution in [2.45, 2.75) is 24.9 Å². The summed E-state index contributed by atoms with van der Waals surface area (Å²) in [5.41, 5.74) is -0.845. The fraction of sp³-hybridized carbons (Fsp3) is 0.600. The molecule has 0 amide bonds. The van der Waals surface area contributed by atoms with Crippen LogP contribution in [0.1, 0.15) is 19.3 Å². The molecule has 0 aromatic rings. The second kappa shape index (κ2) is 4.14. The fourth-order valence-corrected chi connectivity index (χ4v) is 1.78. The van der Waals surface area contributed by atoms with Crippen LogP contribution in [-0.4, -0.2) is 18.9 Å². The Balaban J connectivity index is 2.80. The Hall–Kier alpha value is -1.50. The van der Waals surface area contributed by atoms with Gasteiger partial charge in [-0.25, -0.2) is 4.79 Å². The summed E-state index contributed by atoms with van der Waals surface area (Å²) < 4.78 is 9.51. The predicted molar refractivity (Wildman–Crippen MR) is 49.4 cm³/mol. The molecule has 0 aromatic carbocycles. The number of nitrogens with zero attached hydrogens (tertiary/aromatic N) is 1. The van der Waals surface area contributed by atoms with Crippen LogP contribution in [0.3, 0.4) is 0 Å². The first-order valence-electron chi connectivity index (χ1n) is 4.48. The van der Waals surface area contributed by atoms with Crippen LogP contribution in [0, 0.1) is 17.2 Å². The second-order valence-corrected chi connectivity index (χ2v) is 3.29. The molecule has 0 aliphatic heterocycles. The van der Waals surface area contributed by atoms with Crippen molar-refractivity contribution in [3.05, 3.63) is 12.7 Å². The van der Waals surface area contributed by atoms with E-state index in [0.717, 1.165) is 12.8 Å². The van der Waals surface area contributed by atoms with Crippen molar-refractivity contribution < 1.29 is 14.3 Å². The van der Waals surface area contributed by atoms with Gasteiger partial charge >= 0.3 is 6.16 Å². The maximum absolute atomic E-state index is 11.0. The van der Waals surface area contributed by atoms with Gasteiger partial charge in [0.1, 0.15) is 5.60 Å². The molecule has 0 N–H and O–H groups in total. The van der Waals surface area contributed by atoms with Gasteiger partial charge in [-0.05, 0) is 25.3 Å². The average molecular weight is 195 g/mol. The minimum Gasteiger partial charge on any atom is -0.438 e. The van der Waals surface area contributed by atoms with E-state index in [2.05, 4.69) is 17.4 Å². The molecule has 0 spiro atoms. The SMILES string of the molecule is C=CC1(OC(=O)OC)CCCC1C#N. The summed E-state index contributed by atoms with van der Waals surface area (Å²) in [5, 5.41) is 8.89. The van der Waals surface area contributed by atoms with E-state index in [1.807, 2.05) is 0 Å². The topological polar surface area (TPSA) is 59.3 Å². The van der Waals surface area contributed by atoms with E-state index in [4.69, 9.17) is 10.00 Å². The molecule has 4 heteroatoms. The van der Waals surface area contributed by atoms with Gasteiger partial charge in [0.2, 0.25) is 0 Å². The molecule has 0 radical (unpaired) electrons. The molecule has 2 unspecified atom stereocenters. The Morgan fingerprint density at radius 1 is 1.79 bits per heavy atom. The summed E-state index contributed by atoms with van der Waals surface area (Å²) in [7, 11) is 1.25. The number of ether oxygens (including phenoxy) is 2. The monoisotopic (exact) mass is 195 g/mol. The highest BCUT2D eigenvalue weighted by Gasteiger charge is 2.44. The molecular weight excluding hydrogens is 182 g/mol. The predicted octanol–water partition coefficient (Wildman–Crippen LogP) is 2.02. The van der Waals surface area contributed by atoms with Crippen molar-refractivity contribution in [3.8, 4) is 6.07 Å². The lowest BCUT2D eigenvalue weighted by molar-refractivity contribution is -0.00985. The summed E-state index contributed by atoms with van der Waals surface area (Å²) in [5.74, 6) is -0.306. The van der Waals surface area contributed by atoms with Gasteiger partial charge in [-0.3, -0.25) is 0 Å². The van der Waals surface area contributed by atoms with Crippen LogP contribution in [0.15, 0.2) is 12.7 Å². The molecule has 0 aromatic heterocycles. The first-order valence-corrected chi connectivity index (χ1v) is 4.48. The zero-order chi connectivity index (χ0) is 10.6. The zero-order valence-corrected chi connectivity index (χ0v) is 8.16. The van der Waals surface area contributed by atoms with Crippen LogP contribution >= 0.6 is 0 Å². The molecule has 1 aliphatic carbocycles. The van der Waals surface area contributed by atoms with Crippen molar-refractivity contribution in [1.82, 2.24) is 0 Å². The number of carbonyl (C=O) groups excluding carboxylic acids is 1. The van der Waals surface area contributed by atoms with Crippen molar-refractivity contribution in [3.63, 3.8) is 0 Å². The van der Waals surface area contributed by atoms with Crippen LogP contribution in [0.5, 0.6) is 0 Å². The molecule has 4 nitrogen and oxygen atoms in total. The minimum atomic E-state index is -0.845. The third kappa shape index (κ3) is 1.72. The summed E-state index contributed by atoms with van der Waals surface area (Å²) in [6.45, 7) is 3.62. The van der Waals surface area contributed by atoms with Gasteiger partial charge in [0.05, 0.1) is 19.1 Å². The maximum atomic E-state index is 11.0. The Bertz CT molecular complexity index is 282. The number of rotatable bonds is 2. The molecule has 2 atom stereocenters.